The summed E-state index contributed by atoms with van der Waals surface area (Å²) in [7, 11) is 2.18. The summed E-state index contributed by atoms with van der Waals surface area (Å²) in [6, 6.07) is 16.8. The van der Waals surface area contributed by atoms with Crippen molar-refractivity contribution in [1.82, 2.24) is 19.8 Å². The van der Waals surface area contributed by atoms with Crippen LogP contribution in [0.1, 0.15) is 13.8 Å². The molecule has 3 aromatic rings. The molecule has 2 aliphatic rings. The van der Waals surface area contributed by atoms with E-state index in [1.165, 1.54) is 0 Å². The number of anilines is 2. The Hall–Kier alpha value is -2.74. The number of piperazine rings is 1. The van der Waals surface area contributed by atoms with Crippen LogP contribution in [0.15, 0.2) is 48.5 Å². The third-order valence-electron chi connectivity index (χ3n) is 6.37. The minimum absolute atomic E-state index is 0.792. The molecule has 2 fully saturated rings. The Morgan fingerprint density at radius 1 is 0.882 bits per heavy atom. The van der Waals surface area contributed by atoms with Gasteiger partial charge in [0.25, 0.3) is 0 Å². The molecule has 2 aliphatic heterocycles. The van der Waals surface area contributed by atoms with Crippen LogP contribution < -0.4 is 10.2 Å². The SMILES string of the molecule is CC.CN1CCN(c2nc(-c3ccccc3)nc3ccc(NCCN4CCOCC4)cc23)CC1. The molecular weight excluding hydrogens is 424 g/mol. The monoisotopic (exact) mass is 462 g/mol. The normalized spacial score (nSPS) is 17.3. The van der Waals surface area contributed by atoms with Crippen LogP contribution in [0.25, 0.3) is 22.3 Å². The Morgan fingerprint density at radius 2 is 1.62 bits per heavy atom. The molecule has 0 radical (unpaired) electrons. The number of nitrogens with one attached hydrogen (secondary N) is 1. The van der Waals surface area contributed by atoms with Crippen LogP contribution in [0.3, 0.4) is 0 Å². The van der Waals surface area contributed by atoms with Crippen LogP contribution in [0, 0.1) is 0 Å². The van der Waals surface area contributed by atoms with E-state index in [1.54, 1.807) is 0 Å². The molecule has 0 unspecified atom stereocenters. The molecule has 0 amide bonds. The maximum Gasteiger partial charge on any atom is 0.162 e. The number of hydrogen-bond donors (Lipinski definition) is 1. The molecule has 0 atom stereocenters. The summed E-state index contributed by atoms with van der Waals surface area (Å²) in [6.07, 6.45) is 0. The van der Waals surface area contributed by atoms with Gasteiger partial charge in [0.1, 0.15) is 5.82 Å². The number of fused-ring (bicyclic) bond motifs is 1. The van der Waals surface area contributed by atoms with Gasteiger partial charge in [0, 0.05) is 69.0 Å². The van der Waals surface area contributed by atoms with Gasteiger partial charge in [-0.25, -0.2) is 9.97 Å². The lowest BCUT2D eigenvalue weighted by Crippen LogP contribution is -2.45. The molecule has 1 N–H and O–H groups in total. The predicted molar refractivity (Wildman–Crippen MR) is 142 cm³/mol. The number of hydrogen-bond acceptors (Lipinski definition) is 7. The van der Waals surface area contributed by atoms with Crippen molar-refractivity contribution in [3.8, 4) is 11.4 Å². The van der Waals surface area contributed by atoms with Crippen molar-refractivity contribution in [1.29, 1.82) is 0 Å². The van der Waals surface area contributed by atoms with Gasteiger partial charge in [-0.15, -0.1) is 0 Å². The zero-order valence-electron chi connectivity index (χ0n) is 20.8. The summed E-state index contributed by atoms with van der Waals surface area (Å²) >= 11 is 0. The molecule has 5 rings (SSSR count). The second-order valence-corrected chi connectivity index (χ2v) is 8.64. The van der Waals surface area contributed by atoms with E-state index in [2.05, 4.69) is 57.4 Å². The fourth-order valence-electron chi connectivity index (χ4n) is 4.38. The van der Waals surface area contributed by atoms with Crippen molar-refractivity contribution < 1.29 is 4.74 Å². The Balaban J connectivity index is 0.00000133. The summed E-state index contributed by atoms with van der Waals surface area (Å²) in [4.78, 5) is 17.2. The lowest BCUT2D eigenvalue weighted by molar-refractivity contribution is 0.0398. The number of rotatable bonds is 6. The minimum atomic E-state index is 0.792. The molecule has 7 nitrogen and oxygen atoms in total. The largest absolute Gasteiger partial charge is 0.384 e. The zero-order valence-corrected chi connectivity index (χ0v) is 20.8. The number of aromatic nitrogens is 2. The van der Waals surface area contributed by atoms with Gasteiger partial charge in [0.15, 0.2) is 5.82 Å². The molecule has 0 saturated carbocycles. The van der Waals surface area contributed by atoms with Crippen molar-refractivity contribution in [3.05, 3.63) is 48.5 Å². The predicted octanol–water partition coefficient (Wildman–Crippen LogP) is 3.82. The van der Waals surface area contributed by atoms with E-state index in [4.69, 9.17) is 14.7 Å². The third-order valence-corrected chi connectivity index (χ3v) is 6.37. The first kappa shape index (κ1) is 24.4. The van der Waals surface area contributed by atoms with Crippen LogP contribution in [0.5, 0.6) is 0 Å². The second kappa shape index (κ2) is 12.1. The Morgan fingerprint density at radius 3 is 2.35 bits per heavy atom. The zero-order chi connectivity index (χ0) is 23.8. The lowest BCUT2D eigenvalue weighted by Gasteiger charge is -2.34. The minimum Gasteiger partial charge on any atom is -0.384 e. The molecule has 34 heavy (non-hydrogen) atoms. The second-order valence-electron chi connectivity index (χ2n) is 8.64. The topological polar surface area (TPSA) is 56.8 Å². The van der Waals surface area contributed by atoms with Gasteiger partial charge in [-0.05, 0) is 25.2 Å². The van der Waals surface area contributed by atoms with Crippen molar-refractivity contribution >= 4 is 22.4 Å². The van der Waals surface area contributed by atoms with Crippen molar-refractivity contribution in [2.24, 2.45) is 0 Å². The van der Waals surface area contributed by atoms with E-state index in [-0.39, 0.29) is 0 Å². The highest BCUT2D eigenvalue weighted by Gasteiger charge is 2.20. The van der Waals surface area contributed by atoms with E-state index in [0.29, 0.717) is 0 Å². The maximum absolute atomic E-state index is 5.45. The summed E-state index contributed by atoms with van der Waals surface area (Å²) in [5, 5.41) is 4.72. The Labute approximate surface area is 203 Å². The first-order chi connectivity index (χ1) is 16.8. The van der Waals surface area contributed by atoms with Crippen LogP contribution in [-0.2, 0) is 4.74 Å². The average Bonchev–Trinajstić information content (AvgIpc) is 2.91. The molecule has 2 aromatic carbocycles. The fraction of sp³-hybridized carbons (Fsp3) is 0.481. The van der Waals surface area contributed by atoms with Gasteiger partial charge >= 0.3 is 0 Å². The summed E-state index contributed by atoms with van der Waals surface area (Å²) in [5.74, 6) is 1.83. The Kier molecular flexibility index (Phi) is 8.68. The summed E-state index contributed by atoms with van der Waals surface area (Å²) < 4.78 is 5.45. The highest BCUT2D eigenvalue weighted by Crippen LogP contribution is 2.30. The summed E-state index contributed by atoms with van der Waals surface area (Å²) in [6.45, 7) is 13.7. The number of ether oxygens (including phenoxy) is 1. The van der Waals surface area contributed by atoms with Crippen LogP contribution >= 0.6 is 0 Å². The molecule has 182 valence electrons. The number of likely N-dealkylation sites (N-methyl/N-ethyl adjacent to an activating group) is 1. The van der Waals surface area contributed by atoms with Gasteiger partial charge in [0.2, 0.25) is 0 Å². The van der Waals surface area contributed by atoms with E-state index in [1.807, 2.05) is 32.0 Å². The van der Waals surface area contributed by atoms with E-state index < -0.39 is 0 Å². The molecule has 0 bridgehead atoms. The van der Waals surface area contributed by atoms with Gasteiger partial charge in [-0.1, -0.05) is 44.2 Å². The molecule has 7 heteroatoms. The third kappa shape index (κ3) is 6.03. The molecular formula is C27H38N6O. The molecule has 3 heterocycles. The quantitative estimate of drug-likeness (QED) is 0.598. The first-order valence-corrected chi connectivity index (χ1v) is 12.6. The number of benzene rings is 2. The van der Waals surface area contributed by atoms with Crippen molar-refractivity contribution in [2.45, 2.75) is 13.8 Å². The van der Waals surface area contributed by atoms with Gasteiger partial charge in [-0.3, -0.25) is 4.90 Å². The fourth-order valence-corrected chi connectivity index (χ4v) is 4.38. The Bertz CT molecular complexity index is 1030. The van der Waals surface area contributed by atoms with Gasteiger partial charge in [0.05, 0.1) is 18.7 Å². The van der Waals surface area contributed by atoms with Crippen LogP contribution in [0.2, 0.25) is 0 Å². The van der Waals surface area contributed by atoms with Gasteiger partial charge in [-0.2, -0.15) is 0 Å². The molecule has 0 spiro atoms. The smallest absolute Gasteiger partial charge is 0.162 e. The number of nitrogens with zero attached hydrogens (tertiary/aromatic N) is 5. The molecule has 2 saturated heterocycles. The lowest BCUT2D eigenvalue weighted by atomic mass is 10.1. The first-order valence-electron chi connectivity index (χ1n) is 12.6. The van der Waals surface area contributed by atoms with E-state index in [0.717, 1.165) is 99.4 Å². The van der Waals surface area contributed by atoms with Crippen molar-refractivity contribution in [2.75, 3.05) is 82.8 Å². The molecule has 0 aliphatic carbocycles. The summed E-state index contributed by atoms with van der Waals surface area (Å²) in [5.41, 5.74) is 3.17. The van der Waals surface area contributed by atoms with Crippen LogP contribution in [0.4, 0.5) is 11.5 Å². The van der Waals surface area contributed by atoms with Crippen molar-refractivity contribution in [3.63, 3.8) is 0 Å². The number of morpholine rings is 1. The highest BCUT2D eigenvalue weighted by atomic mass is 16.5. The molecule has 1 aromatic heterocycles. The van der Waals surface area contributed by atoms with Gasteiger partial charge < -0.3 is 19.9 Å². The average molecular weight is 463 g/mol. The van der Waals surface area contributed by atoms with E-state index in [9.17, 15) is 0 Å². The van der Waals surface area contributed by atoms with Crippen LogP contribution in [-0.4, -0.2) is 92.4 Å². The maximum atomic E-state index is 5.45. The van der Waals surface area contributed by atoms with E-state index >= 15 is 0 Å². The highest BCUT2D eigenvalue weighted by molar-refractivity contribution is 5.93. The standard InChI is InChI=1S/C25H32N6O.C2H6/c1-29-11-13-31(14-12-29)25-22-19-21(26-9-10-30-15-17-32-18-16-30)7-8-23(22)27-24(28-25)20-5-3-2-4-6-20;1-2/h2-8,19,26H,9-18H2,1H3;1-2H3.